The summed E-state index contributed by atoms with van der Waals surface area (Å²) < 4.78 is 0. The fourth-order valence-corrected chi connectivity index (χ4v) is 1.31. The number of rotatable bonds is 0. The third-order valence-electron chi connectivity index (χ3n) is 1.76. The second kappa shape index (κ2) is 6.10. The topological polar surface area (TPSA) is 0 Å². The van der Waals surface area contributed by atoms with Gasteiger partial charge in [0.05, 0.1) is 0 Å². The van der Waals surface area contributed by atoms with Gasteiger partial charge in [0, 0.05) is 6.42 Å². The molecule has 0 spiro atoms. The van der Waals surface area contributed by atoms with Crippen LogP contribution in [0.1, 0.15) is 18.1 Å². The normalized spacial score (nSPS) is 13.1. The van der Waals surface area contributed by atoms with Crippen molar-refractivity contribution in [3.63, 3.8) is 0 Å². The van der Waals surface area contributed by atoms with Crippen LogP contribution in [0.15, 0.2) is 29.8 Å². The average molecular weight is 286 g/mol. The van der Waals surface area contributed by atoms with Crippen LogP contribution in [0.5, 0.6) is 0 Å². The van der Waals surface area contributed by atoms with Crippen molar-refractivity contribution < 1.29 is 12.3 Å². The fourth-order valence-electron chi connectivity index (χ4n) is 1.31. The molecule has 0 amide bonds. The third-order valence-corrected chi connectivity index (χ3v) is 1.76. The SMILES string of the molecule is CC1=Cc2ccccc2[CH]1.[Cl][V]([Cl])[Cl]. The molecule has 0 unspecified atom stereocenters. The summed E-state index contributed by atoms with van der Waals surface area (Å²) in [5, 5.41) is 0. The molecule has 75 valence electrons. The van der Waals surface area contributed by atoms with Crippen molar-refractivity contribution in [1.29, 1.82) is 0 Å². The molecule has 0 saturated heterocycles. The van der Waals surface area contributed by atoms with Crippen molar-refractivity contribution in [2.24, 2.45) is 0 Å². The molecule has 1 aromatic rings. The van der Waals surface area contributed by atoms with Crippen molar-refractivity contribution >= 4 is 35.6 Å². The zero-order valence-corrected chi connectivity index (χ0v) is 11.2. The molecule has 0 aromatic heterocycles. The van der Waals surface area contributed by atoms with E-state index in [2.05, 4.69) is 43.7 Å². The van der Waals surface area contributed by atoms with Crippen LogP contribution in [0.3, 0.4) is 0 Å². The molecule has 0 nitrogen and oxygen atoms in total. The molecule has 0 N–H and O–H groups in total. The summed E-state index contributed by atoms with van der Waals surface area (Å²) in [5.74, 6) is 0. The summed E-state index contributed by atoms with van der Waals surface area (Å²) in [6.07, 6.45) is 4.41. The van der Waals surface area contributed by atoms with E-state index in [4.69, 9.17) is 29.5 Å². The standard InChI is InChI=1S/C10H9.3ClH.V/c1-8-6-9-4-2-3-5-10(9)7-8;;;;/h2-7H,1H3;3*1H;/q;;;;+3/p-3. The first-order valence-electron chi connectivity index (χ1n) is 3.99. The monoisotopic (exact) mass is 285 g/mol. The van der Waals surface area contributed by atoms with Gasteiger partial charge in [-0.3, -0.25) is 0 Å². The van der Waals surface area contributed by atoms with Crippen LogP contribution in [0.4, 0.5) is 0 Å². The van der Waals surface area contributed by atoms with E-state index in [1.165, 1.54) is 16.7 Å². The summed E-state index contributed by atoms with van der Waals surface area (Å²) in [5.41, 5.74) is 4.04. The first-order valence-corrected chi connectivity index (χ1v) is 9.75. The molecule has 0 aliphatic heterocycles. The first kappa shape index (κ1) is 12.5. The van der Waals surface area contributed by atoms with Crippen LogP contribution in [-0.2, 0) is 12.3 Å². The Morgan fingerprint density at radius 3 is 2.00 bits per heavy atom. The Morgan fingerprint density at radius 2 is 1.50 bits per heavy atom. The Balaban J connectivity index is 0.000000213. The van der Waals surface area contributed by atoms with Crippen LogP contribution in [0, 0.1) is 6.42 Å². The summed E-state index contributed by atoms with van der Waals surface area (Å²) in [6, 6.07) is 8.42. The van der Waals surface area contributed by atoms with Crippen molar-refractivity contribution in [3.05, 3.63) is 47.4 Å². The number of hydrogen-bond donors (Lipinski definition) is 0. The third kappa shape index (κ3) is 4.29. The van der Waals surface area contributed by atoms with Gasteiger partial charge in [-0.1, -0.05) is 35.9 Å². The second-order valence-corrected chi connectivity index (χ2v) is 9.77. The predicted molar refractivity (Wildman–Crippen MR) is 61.1 cm³/mol. The minimum atomic E-state index is -1.77. The Hall–Kier alpha value is 0.414. The van der Waals surface area contributed by atoms with E-state index in [1.54, 1.807) is 0 Å². The maximum absolute atomic E-state index is 4.95. The molecule has 1 radical (unpaired) electrons. The summed E-state index contributed by atoms with van der Waals surface area (Å²) in [4.78, 5) is 0. The molecule has 1 aromatic carbocycles. The molecule has 0 heterocycles. The maximum atomic E-state index is 4.95. The second-order valence-electron chi connectivity index (χ2n) is 2.85. The Bertz CT molecular complexity index is 331. The number of benzene rings is 1. The van der Waals surface area contributed by atoms with Crippen LogP contribution in [-0.4, -0.2) is 0 Å². The summed E-state index contributed by atoms with van der Waals surface area (Å²) in [6.45, 7) is 2.12. The molecule has 14 heavy (non-hydrogen) atoms. The van der Waals surface area contributed by atoms with E-state index in [9.17, 15) is 0 Å². The predicted octanol–water partition coefficient (Wildman–Crippen LogP) is 4.72. The van der Waals surface area contributed by atoms with Crippen LogP contribution in [0.2, 0.25) is 0 Å². The molecule has 0 saturated carbocycles. The number of halogens is 3. The Kier molecular flexibility index (Phi) is 5.44. The van der Waals surface area contributed by atoms with E-state index in [0.717, 1.165) is 0 Å². The first-order chi connectivity index (χ1) is 6.59. The van der Waals surface area contributed by atoms with Crippen LogP contribution < -0.4 is 0 Å². The van der Waals surface area contributed by atoms with Gasteiger partial charge in [-0.05, 0) is 18.1 Å². The van der Waals surface area contributed by atoms with Gasteiger partial charge in [-0.25, -0.2) is 0 Å². The van der Waals surface area contributed by atoms with Gasteiger partial charge in [-0.15, -0.1) is 0 Å². The van der Waals surface area contributed by atoms with Crippen molar-refractivity contribution in [2.45, 2.75) is 6.92 Å². The zero-order valence-electron chi connectivity index (χ0n) is 7.55. The van der Waals surface area contributed by atoms with E-state index in [1.807, 2.05) is 0 Å². The molecule has 0 bridgehead atoms. The average Bonchev–Trinajstić information content (AvgIpc) is 2.42. The van der Waals surface area contributed by atoms with Crippen molar-refractivity contribution in [2.75, 3.05) is 0 Å². The molecular formula is C10H9Cl3V. The van der Waals surface area contributed by atoms with Crippen molar-refractivity contribution in [1.82, 2.24) is 0 Å². The van der Waals surface area contributed by atoms with Gasteiger partial charge in [0.15, 0.2) is 0 Å². The van der Waals surface area contributed by atoms with E-state index < -0.39 is 12.3 Å². The van der Waals surface area contributed by atoms with Gasteiger partial charge >= 0.3 is 41.8 Å². The fraction of sp³-hybridized carbons (Fsp3) is 0.100. The van der Waals surface area contributed by atoms with Gasteiger partial charge < -0.3 is 0 Å². The number of fused-ring (bicyclic) bond motifs is 1. The quantitative estimate of drug-likeness (QED) is 0.647. The Morgan fingerprint density at radius 1 is 1.00 bits per heavy atom. The molecular weight excluding hydrogens is 277 g/mol. The molecule has 1 aliphatic carbocycles. The number of hydrogen-bond acceptors (Lipinski definition) is 0. The zero-order chi connectivity index (χ0) is 10.6. The molecule has 2 rings (SSSR count). The van der Waals surface area contributed by atoms with Crippen LogP contribution in [0.25, 0.3) is 6.08 Å². The Labute approximate surface area is 102 Å². The van der Waals surface area contributed by atoms with Gasteiger partial charge in [0.1, 0.15) is 0 Å². The van der Waals surface area contributed by atoms with Gasteiger partial charge in [-0.2, -0.15) is 0 Å². The summed E-state index contributed by atoms with van der Waals surface area (Å²) in [7, 11) is 14.9. The number of allylic oxidation sites excluding steroid dienone is 1. The molecule has 0 atom stereocenters. The molecule has 1 aliphatic rings. The van der Waals surface area contributed by atoms with E-state index in [-0.39, 0.29) is 0 Å². The van der Waals surface area contributed by atoms with Crippen LogP contribution >= 0.6 is 29.5 Å². The van der Waals surface area contributed by atoms with E-state index >= 15 is 0 Å². The van der Waals surface area contributed by atoms with Gasteiger partial charge in [0.2, 0.25) is 0 Å². The van der Waals surface area contributed by atoms with Crippen molar-refractivity contribution in [3.8, 4) is 0 Å². The minimum absolute atomic E-state index is 1.35. The van der Waals surface area contributed by atoms with E-state index in [0.29, 0.717) is 0 Å². The molecule has 4 heteroatoms. The van der Waals surface area contributed by atoms with Gasteiger partial charge in [0.25, 0.3) is 0 Å². The molecule has 0 fully saturated rings. The summed E-state index contributed by atoms with van der Waals surface area (Å²) >= 11 is -1.77.